The zero-order chi connectivity index (χ0) is 14.1. The van der Waals surface area contributed by atoms with Gasteiger partial charge in [-0.1, -0.05) is 13.5 Å². The zero-order valence-electron chi connectivity index (χ0n) is 12.5. The van der Waals surface area contributed by atoms with Crippen molar-refractivity contribution in [3.63, 3.8) is 0 Å². The molecule has 1 atom stereocenters. The topological polar surface area (TPSA) is 58.2 Å². The molecule has 2 rings (SSSR count). The highest BCUT2D eigenvalue weighted by atomic mass is 32.1. The molecule has 19 heavy (non-hydrogen) atoms. The summed E-state index contributed by atoms with van der Waals surface area (Å²) < 4.78 is 0. The lowest BCUT2D eigenvalue weighted by molar-refractivity contribution is -0.122. The molecule has 0 saturated carbocycles. The molecule has 0 spiro atoms. The molecule has 5 heteroatoms. The quantitative estimate of drug-likeness (QED) is 0.668. The summed E-state index contributed by atoms with van der Waals surface area (Å²) >= 11 is 0. The predicted molar refractivity (Wildman–Crippen MR) is 82.4 cm³/mol. The van der Waals surface area contributed by atoms with Crippen LogP contribution in [0.5, 0.6) is 0 Å². The Morgan fingerprint density at radius 1 is 1.11 bits per heavy atom. The van der Waals surface area contributed by atoms with Gasteiger partial charge in [-0.25, -0.2) is 0 Å². The van der Waals surface area contributed by atoms with E-state index in [0.717, 1.165) is 12.8 Å². The average molecular weight is 286 g/mol. The summed E-state index contributed by atoms with van der Waals surface area (Å²) in [6.07, 6.45) is 1.73. The second-order valence-corrected chi connectivity index (χ2v) is 6.60. The van der Waals surface area contributed by atoms with Gasteiger partial charge < -0.3 is 10.6 Å². The third-order valence-corrected chi connectivity index (χ3v) is 3.15. The van der Waals surface area contributed by atoms with Crippen molar-refractivity contribution in [1.29, 1.82) is 0 Å². The summed E-state index contributed by atoms with van der Waals surface area (Å²) in [5.41, 5.74) is 0.671. The van der Waals surface area contributed by atoms with E-state index in [1.807, 2.05) is 20.8 Å². The van der Waals surface area contributed by atoms with Gasteiger partial charge in [-0.15, -0.1) is 0 Å². The molecular formula is C14H26N2O2S. The first-order chi connectivity index (χ1) is 8.02. The van der Waals surface area contributed by atoms with E-state index in [2.05, 4.69) is 31.1 Å². The zero-order valence-corrected chi connectivity index (χ0v) is 13.5. The maximum atomic E-state index is 10.9. The molecule has 2 fully saturated rings. The Labute approximate surface area is 122 Å². The second-order valence-electron chi connectivity index (χ2n) is 6.60. The summed E-state index contributed by atoms with van der Waals surface area (Å²) in [6, 6.07) is 0. The summed E-state index contributed by atoms with van der Waals surface area (Å²) in [4.78, 5) is 21.7. The van der Waals surface area contributed by atoms with E-state index in [0.29, 0.717) is 5.57 Å². The fourth-order valence-electron chi connectivity index (χ4n) is 2.42. The third-order valence-electron chi connectivity index (χ3n) is 3.15. The minimum atomic E-state index is -0.0613. The summed E-state index contributed by atoms with van der Waals surface area (Å²) in [5.74, 6) is 0.403. The van der Waals surface area contributed by atoms with Gasteiger partial charge in [0.05, 0.1) is 0 Å². The Bertz CT molecular complexity index is 371. The van der Waals surface area contributed by atoms with Crippen molar-refractivity contribution in [2.75, 3.05) is 0 Å². The number of rotatable bonds is 0. The van der Waals surface area contributed by atoms with Gasteiger partial charge in [0.1, 0.15) is 0 Å². The van der Waals surface area contributed by atoms with Gasteiger partial charge in [0.15, 0.2) is 0 Å². The second kappa shape index (κ2) is 5.99. The fourth-order valence-corrected chi connectivity index (χ4v) is 2.42. The Balaban J connectivity index is 0.000000324. The van der Waals surface area contributed by atoms with Crippen LogP contribution in [0.1, 0.15) is 47.5 Å². The number of carbonyl (C=O) groups is 2. The van der Waals surface area contributed by atoms with E-state index in [-0.39, 0.29) is 42.3 Å². The first-order valence-electron chi connectivity index (χ1n) is 6.35. The van der Waals surface area contributed by atoms with Crippen LogP contribution in [0.25, 0.3) is 0 Å². The Morgan fingerprint density at radius 2 is 1.63 bits per heavy atom. The number of amides is 2. The van der Waals surface area contributed by atoms with E-state index in [1.54, 1.807) is 0 Å². The molecule has 4 nitrogen and oxygen atoms in total. The summed E-state index contributed by atoms with van der Waals surface area (Å²) in [6.45, 7) is 13.7. The van der Waals surface area contributed by atoms with Crippen molar-refractivity contribution in [3.8, 4) is 0 Å². The molecule has 0 aromatic heterocycles. The maximum Gasteiger partial charge on any atom is 0.247 e. The van der Waals surface area contributed by atoms with Crippen molar-refractivity contribution in [1.82, 2.24) is 10.6 Å². The molecule has 2 N–H and O–H groups in total. The molecule has 2 heterocycles. The first-order valence-corrected chi connectivity index (χ1v) is 6.35. The number of hydrogen-bond acceptors (Lipinski definition) is 2. The molecule has 0 radical (unpaired) electrons. The Morgan fingerprint density at radius 3 is 1.74 bits per heavy atom. The van der Waals surface area contributed by atoms with Gasteiger partial charge in [0.25, 0.3) is 0 Å². The van der Waals surface area contributed by atoms with Crippen LogP contribution in [0.15, 0.2) is 12.2 Å². The van der Waals surface area contributed by atoms with Crippen molar-refractivity contribution in [2.45, 2.75) is 58.5 Å². The smallest absolute Gasteiger partial charge is 0.247 e. The number of nitrogens with one attached hydrogen (secondary N) is 2. The molecule has 0 bridgehead atoms. The Hall–Kier alpha value is -0.970. The molecule has 2 amide bonds. The number of carbonyl (C=O) groups excluding carboxylic acids is 2. The highest BCUT2D eigenvalue weighted by Crippen LogP contribution is 2.23. The van der Waals surface area contributed by atoms with Crippen molar-refractivity contribution >= 4 is 25.3 Å². The van der Waals surface area contributed by atoms with Gasteiger partial charge >= 0.3 is 0 Å². The van der Waals surface area contributed by atoms with Crippen LogP contribution in [-0.4, -0.2) is 22.9 Å². The molecule has 2 aliphatic heterocycles. The lowest BCUT2D eigenvalue weighted by Gasteiger charge is -2.15. The van der Waals surface area contributed by atoms with Crippen LogP contribution >= 0.6 is 13.5 Å². The Kier molecular flexibility index (Phi) is 5.68. The average Bonchev–Trinajstić information content (AvgIpc) is 2.49. The number of hydrogen-bond donors (Lipinski definition) is 2. The van der Waals surface area contributed by atoms with E-state index in [4.69, 9.17) is 0 Å². The van der Waals surface area contributed by atoms with Crippen LogP contribution in [0.2, 0.25) is 0 Å². The van der Waals surface area contributed by atoms with Crippen molar-refractivity contribution < 1.29 is 9.59 Å². The van der Waals surface area contributed by atoms with E-state index in [1.165, 1.54) is 0 Å². The van der Waals surface area contributed by atoms with E-state index in [9.17, 15) is 9.59 Å². The highest BCUT2D eigenvalue weighted by Gasteiger charge is 2.33. The largest absolute Gasteiger partial charge is 0.351 e. The molecule has 110 valence electrons. The lowest BCUT2D eigenvalue weighted by atomic mass is 9.98. The van der Waals surface area contributed by atoms with Crippen molar-refractivity contribution in [3.05, 3.63) is 12.2 Å². The van der Waals surface area contributed by atoms with Crippen LogP contribution in [-0.2, 0) is 9.59 Å². The SMILES string of the molecule is C=C1CC(C)(C)NC1=O.C[C@H]1CC(C)(C)NC1=O.S. The van der Waals surface area contributed by atoms with Gasteiger partial charge in [0.2, 0.25) is 11.8 Å². The minimum Gasteiger partial charge on any atom is -0.351 e. The molecule has 0 unspecified atom stereocenters. The predicted octanol–water partition coefficient (Wildman–Crippen LogP) is 1.87. The van der Waals surface area contributed by atoms with Gasteiger partial charge in [-0.05, 0) is 40.5 Å². The van der Waals surface area contributed by atoms with Gasteiger partial charge in [-0.2, -0.15) is 13.5 Å². The standard InChI is InChI=1S/C7H13NO.C7H11NO.H2S/c2*1-5-4-7(2,3)8-6(5)9;/h5H,4H2,1-3H3,(H,8,9);1,4H2,2-3H3,(H,8,9);1H2/t5-;;/m0../s1. The molecular weight excluding hydrogens is 260 g/mol. The molecule has 2 aliphatic rings. The summed E-state index contributed by atoms with van der Waals surface area (Å²) in [7, 11) is 0. The monoisotopic (exact) mass is 286 g/mol. The first kappa shape index (κ1) is 18.0. The van der Waals surface area contributed by atoms with Crippen LogP contribution in [0.3, 0.4) is 0 Å². The molecule has 0 aromatic rings. The maximum absolute atomic E-state index is 10.9. The van der Waals surface area contributed by atoms with E-state index >= 15 is 0 Å². The normalized spacial score (nSPS) is 26.8. The molecule has 0 aromatic carbocycles. The third kappa shape index (κ3) is 5.27. The molecule has 2 saturated heterocycles. The van der Waals surface area contributed by atoms with Crippen molar-refractivity contribution in [2.24, 2.45) is 5.92 Å². The fraction of sp³-hybridized carbons (Fsp3) is 0.714. The van der Waals surface area contributed by atoms with Crippen LogP contribution < -0.4 is 10.6 Å². The van der Waals surface area contributed by atoms with Gasteiger partial charge in [0, 0.05) is 22.6 Å². The van der Waals surface area contributed by atoms with E-state index < -0.39 is 0 Å². The minimum absolute atomic E-state index is 0. The molecule has 0 aliphatic carbocycles. The highest BCUT2D eigenvalue weighted by molar-refractivity contribution is 7.59. The van der Waals surface area contributed by atoms with Crippen LogP contribution in [0.4, 0.5) is 0 Å². The lowest BCUT2D eigenvalue weighted by Crippen LogP contribution is -2.34. The summed E-state index contributed by atoms with van der Waals surface area (Å²) in [5, 5.41) is 5.71. The van der Waals surface area contributed by atoms with Gasteiger partial charge in [-0.3, -0.25) is 9.59 Å². The van der Waals surface area contributed by atoms with Crippen LogP contribution in [0, 0.1) is 5.92 Å².